The second-order valence-corrected chi connectivity index (χ2v) is 5.10. The number of halogens is 1. The topological polar surface area (TPSA) is 24.7 Å². The standard InChI is InChI=1S/C14H17ClN2/c1-3-4-5-6-8-11-9-7-10-12-13(11)17-14(2,15)16-12/h6-10H,3-5H2,1-2H3. The van der Waals surface area contributed by atoms with Gasteiger partial charge in [-0.15, -0.1) is 0 Å². The number of alkyl halides is 1. The van der Waals surface area contributed by atoms with Crippen molar-refractivity contribution in [2.24, 2.45) is 9.98 Å². The molecule has 1 aromatic rings. The Morgan fingerprint density at radius 2 is 2.18 bits per heavy atom. The van der Waals surface area contributed by atoms with Crippen LogP contribution in [0, 0.1) is 0 Å². The normalized spacial score (nSPS) is 22.3. The Bertz CT molecular complexity index is 544. The molecule has 0 amide bonds. The number of nitrogens with zero attached hydrogens (tertiary/aromatic N) is 2. The van der Waals surface area contributed by atoms with E-state index in [0.717, 1.165) is 22.7 Å². The van der Waals surface area contributed by atoms with Gasteiger partial charge in [0.15, 0.2) is 0 Å². The molecule has 2 nitrogen and oxygen atoms in total. The van der Waals surface area contributed by atoms with Crippen LogP contribution in [0.2, 0.25) is 0 Å². The van der Waals surface area contributed by atoms with E-state index in [0.29, 0.717) is 0 Å². The first kappa shape index (κ1) is 12.3. The number of hydrogen-bond donors (Lipinski definition) is 0. The van der Waals surface area contributed by atoms with Crippen LogP contribution in [-0.4, -0.2) is 5.12 Å². The van der Waals surface area contributed by atoms with Gasteiger partial charge in [-0.1, -0.05) is 55.7 Å². The summed E-state index contributed by atoms with van der Waals surface area (Å²) in [7, 11) is 0. The fourth-order valence-corrected chi connectivity index (χ4v) is 2.05. The molecule has 0 bridgehead atoms. The van der Waals surface area contributed by atoms with Gasteiger partial charge in [0, 0.05) is 5.56 Å². The molecule has 1 heterocycles. The van der Waals surface area contributed by atoms with Gasteiger partial charge >= 0.3 is 0 Å². The molecule has 1 atom stereocenters. The van der Waals surface area contributed by atoms with Gasteiger partial charge in [0.25, 0.3) is 0 Å². The van der Waals surface area contributed by atoms with Gasteiger partial charge in [0.05, 0.1) is 10.7 Å². The third-order valence-electron chi connectivity index (χ3n) is 2.71. The van der Waals surface area contributed by atoms with E-state index >= 15 is 0 Å². The SMILES string of the molecule is CCCCC=Cc1cccc2c1=NC(C)(Cl)N=2. The fraction of sp³-hybridized carbons (Fsp3) is 0.429. The van der Waals surface area contributed by atoms with Crippen LogP contribution in [0.25, 0.3) is 6.08 Å². The number of hydrogen-bond acceptors (Lipinski definition) is 2. The minimum Gasteiger partial charge on any atom is -0.238 e. The van der Waals surface area contributed by atoms with Crippen molar-refractivity contribution in [1.29, 1.82) is 0 Å². The molecule has 3 heteroatoms. The summed E-state index contributed by atoms with van der Waals surface area (Å²) in [5.41, 5.74) is 1.10. The molecule has 0 saturated heterocycles. The Morgan fingerprint density at radius 1 is 1.35 bits per heavy atom. The summed E-state index contributed by atoms with van der Waals surface area (Å²) >= 11 is 6.13. The highest BCUT2D eigenvalue weighted by Gasteiger charge is 2.21. The van der Waals surface area contributed by atoms with E-state index in [1.54, 1.807) is 6.92 Å². The van der Waals surface area contributed by atoms with Crippen LogP contribution in [0.3, 0.4) is 0 Å². The summed E-state index contributed by atoms with van der Waals surface area (Å²) in [6, 6.07) is 6.00. The van der Waals surface area contributed by atoms with E-state index in [2.05, 4.69) is 35.1 Å². The molecule has 0 aliphatic carbocycles. The molecule has 0 N–H and O–H groups in total. The summed E-state index contributed by atoms with van der Waals surface area (Å²) in [6.45, 7) is 4.00. The predicted molar refractivity (Wildman–Crippen MR) is 71.6 cm³/mol. The molecule has 90 valence electrons. The minimum absolute atomic E-state index is 0.824. The number of rotatable bonds is 4. The predicted octanol–water partition coefficient (Wildman–Crippen LogP) is 3.06. The third-order valence-corrected chi connectivity index (χ3v) is 2.88. The molecule has 0 fully saturated rings. The summed E-state index contributed by atoms with van der Waals surface area (Å²) in [5, 5.41) is 0.980. The molecule has 0 aromatic heterocycles. The summed E-state index contributed by atoms with van der Waals surface area (Å²) in [5.74, 6) is 0. The molecule has 0 radical (unpaired) electrons. The van der Waals surface area contributed by atoms with E-state index in [4.69, 9.17) is 11.6 Å². The molecule has 1 aliphatic rings. The van der Waals surface area contributed by atoms with Crippen LogP contribution in [0.5, 0.6) is 0 Å². The number of fused-ring (bicyclic) bond motifs is 1. The van der Waals surface area contributed by atoms with E-state index in [1.807, 2.05) is 12.1 Å². The maximum Gasteiger partial charge on any atom is 0.223 e. The fourth-order valence-electron chi connectivity index (χ4n) is 1.88. The van der Waals surface area contributed by atoms with Gasteiger partial charge in [-0.25, -0.2) is 9.98 Å². The zero-order valence-corrected chi connectivity index (χ0v) is 11.0. The highest BCUT2D eigenvalue weighted by atomic mass is 35.5. The van der Waals surface area contributed by atoms with Crippen molar-refractivity contribution in [2.45, 2.75) is 38.2 Å². The monoisotopic (exact) mass is 248 g/mol. The average molecular weight is 249 g/mol. The largest absolute Gasteiger partial charge is 0.238 e. The maximum absolute atomic E-state index is 6.13. The van der Waals surface area contributed by atoms with Gasteiger partial charge < -0.3 is 0 Å². The molecule has 0 saturated carbocycles. The van der Waals surface area contributed by atoms with Crippen LogP contribution in [0.15, 0.2) is 34.3 Å². The van der Waals surface area contributed by atoms with E-state index in [1.165, 1.54) is 12.8 Å². The molecule has 0 spiro atoms. The molecule has 1 aromatic carbocycles. The smallest absolute Gasteiger partial charge is 0.223 e. The Hall–Kier alpha value is -1.15. The van der Waals surface area contributed by atoms with E-state index < -0.39 is 5.12 Å². The van der Waals surface area contributed by atoms with Gasteiger partial charge in [-0.05, 0) is 19.4 Å². The Kier molecular flexibility index (Phi) is 3.63. The summed E-state index contributed by atoms with van der Waals surface area (Å²) in [4.78, 5) is 8.78. The summed E-state index contributed by atoms with van der Waals surface area (Å²) < 4.78 is 0. The van der Waals surface area contributed by atoms with Gasteiger partial charge in [0.2, 0.25) is 5.12 Å². The summed E-state index contributed by atoms with van der Waals surface area (Å²) in [6.07, 6.45) is 7.86. The first-order valence-corrected chi connectivity index (χ1v) is 6.44. The highest BCUT2D eigenvalue weighted by molar-refractivity contribution is 6.23. The Labute approximate surface area is 107 Å². The lowest BCUT2D eigenvalue weighted by molar-refractivity contribution is 0.701. The highest BCUT2D eigenvalue weighted by Crippen LogP contribution is 2.18. The number of para-hydroxylation sites is 1. The van der Waals surface area contributed by atoms with Gasteiger partial charge in [-0.3, -0.25) is 0 Å². The van der Waals surface area contributed by atoms with Gasteiger partial charge in [0.1, 0.15) is 0 Å². The second-order valence-electron chi connectivity index (χ2n) is 4.39. The average Bonchev–Trinajstić information content (AvgIpc) is 2.59. The first-order chi connectivity index (χ1) is 8.12. The zero-order chi connectivity index (χ0) is 12.3. The van der Waals surface area contributed by atoms with Crippen LogP contribution in [0.4, 0.5) is 0 Å². The van der Waals surface area contributed by atoms with E-state index in [-0.39, 0.29) is 0 Å². The van der Waals surface area contributed by atoms with Crippen LogP contribution < -0.4 is 10.7 Å². The van der Waals surface area contributed by atoms with Crippen molar-refractivity contribution in [3.05, 3.63) is 40.6 Å². The lowest BCUT2D eigenvalue weighted by atomic mass is 10.1. The zero-order valence-electron chi connectivity index (χ0n) is 10.3. The van der Waals surface area contributed by atoms with Crippen molar-refractivity contribution in [3.63, 3.8) is 0 Å². The third kappa shape index (κ3) is 2.95. The van der Waals surface area contributed by atoms with Crippen molar-refractivity contribution in [2.75, 3.05) is 0 Å². The molecule has 17 heavy (non-hydrogen) atoms. The number of unbranched alkanes of at least 4 members (excludes halogenated alkanes) is 2. The Balaban J connectivity index is 2.32. The first-order valence-electron chi connectivity index (χ1n) is 6.06. The quantitative estimate of drug-likeness (QED) is 0.445. The molecule has 2 rings (SSSR count). The minimum atomic E-state index is -0.824. The van der Waals surface area contributed by atoms with Crippen LogP contribution in [-0.2, 0) is 0 Å². The maximum atomic E-state index is 6.13. The molecular weight excluding hydrogens is 232 g/mol. The van der Waals surface area contributed by atoms with Crippen LogP contribution in [0.1, 0.15) is 38.7 Å². The Morgan fingerprint density at radius 3 is 2.94 bits per heavy atom. The van der Waals surface area contributed by atoms with Crippen molar-refractivity contribution in [3.8, 4) is 0 Å². The second kappa shape index (κ2) is 5.01. The number of benzene rings is 1. The van der Waals surface area contributed by atoms with E-state index in [9.17, 15) is 0 Å². The van der Waals surface area contributed by atoms with Crippen LogP contribution >= 0.6 is 11.6 Å². The lowest BCUT2D eigenvalue weighted by Gasteiger charge is -2.03. The van der Waals surface area contributed by atoms with Crippen molar-refractivity contribution in [1.82, 2.24) is 0 Å². The molecular formula is C14H17ClN2. The molecule has 1 aliphatic heterocycles. The number of allylic oxidation sites excluding steroid dienone is 1. The lowest BCUT2D eigenvalue weighted by Crippen LogP contribution is -2.23. The van der Waals surface area contributed by atoms with Crippen molar-refractivity contribution >= 4 is 17.7 Å². The van der Waals surface area contributed by atoms with Gasteiger partial charge in [-0.2, -0.15) is 0 Å². The molecule has 1 unspecified atom stereocenters. The van der Waals surface area contributed by atoms with Crippen molar-refractivity contribution < 1.29 is 0 Å².